The first kappa shape index (κ1) is 36.8. The molecule has 0 fully saturated rings. The van der Waals surface area contributed by atoms with Crippen molar-refractivity contribution in [3.8, 4) is 22.3 Å². The zero-order valence-electron chi connectivity index (χ0n) is 35.7. The molecule has 0 N–H and O–H groups in total. The molecule has 308 valence electrons. The fraction of sp³-hybridized carbons (Fsp3) is 0.0161. The maximum absolute atomic E-state index is 16.9. The summed E-state index contributed by atoms with van der Waals surface area (Å²) >= 11 is 0. The largest absolute Gasteiger partial charge is 0.306 e. The number of rotatable bonds is 6. The molecule has 0 aliphatic heterocycles. The Morgan fingerprint density at radius 1 is 0.364 bits per heavy atom. The first-order valence-electron chi connectivity index (χ1n) is 22.6. The summed E-state index contributed by atoms with van der Waals surface area (Å²) in [4.78, 5) is 9.36. The lowest BCUT2D eigenvalue weighted by Crippen LogP contribution is -2.26. The molecule has 2 aliphatic carbocycles. The molecular formula is C62H38FN3. The van der Waals surface area contributed by atoms with E-state index in [1.54, 1.807) is 12.1 Å². The van der Waals surface area contributed by atoms with Gasteiger partial charge in [0.05, 0.1) is 28.2 Å². The predicted octanol–water partition coefficient (Wildman–Crippen LogP) is 16.6. The van der Waals surface area contributed by atoms with E-state index in [2.05, 4.69) is 198 Å². The summed E-state index contributed by atoms with van der Waals surface area (Å²) < 4.78 is 16.9. The Labute approximate surface area is 381 Å². The van der Waals surface area contributed by atoms with Crippen LogP contribution in [-0.2, 0) is 5.41 Å². The predicted molar refractivity (Wildman–Crippen MR) is 271 cm³/mol. The fourth-order valence-electron chi connectivity index (χ4n) is 11.7. The highest BCUT2D eigenvalue weighted by Gasteiger charge is 2.52. The van der Waals surface area contributed by atoms with E-state index >= 15 is 4.39 Å². The number of hydrogen-bond donors (Lipinski definition) is 0. The lowest BCUT2D eigenvalue weighted by Gasteiger charge is -2.32. The van der Waals surface area contributed by atoms with Crippen LogP contribution >= 0.6 is 0 Å². The molecule has 1 aromatic heterocycles. The average molecular weight is 844 g/mol. The molecule has 14 rings (SSSR count). The standard InChI is InChI=1S/C62H38FN3/c63-53-23-9-10-24-56(53)66(57-25-13-22-52-61(57)46-18-5-8-21-51(46)62(52)49-19-6-3-16-44(49)45-17-4-7-20-50(45)62)55-36-31-41-28-33-47-54(35-30-40-29-34-48(55)60(41)59(40)47)65(58-26-11-12-37-64-58)43-32-27-39-14-1-2-15-42(39)38-43/h1-38H. The Balaban J connectivity index is 1.04. The lowest BCUT2D eigenvalue weighted by molar-refractivity contribution is 0.629. The first-order chi connectivity index (χ1) is 32.7. The van der Waals surface area contributed by atoms with Gasteiger partial charge in [0.25, 0.3) is 0 Å². The molecule has 0 bridgehead atoms. The van der Waals surface area contributed by atoms with E-state index in [9.17, 15) is 0 Å². The van der Waals surface area contributed by atoms with Crippen molar-refractivity contribution in [2.24, 2.45) is 0 Å². The van der Waals surface area contributed by atoms with Crippen LogP contribution in [0.3, 0.4) is 0 Å². The quantitative estimate of drug-likeness (QED) is 0.155. The van der Waals surface area contributed by atoms with E-state index in [0.29, 0.717) is 5.69 Å². The normalized spacial score (nSPS) is 13.0. The van der Waals surface area contributed by atoms with Gasteiger partial charge in [0.2, 0.25) is 0 Å². The molecule has 11 aromatic carbocycles. The Bertz CT molecular complexity index is 3890. The number of aromatic nitrogens is 1. The second kappa shape index (κ2) is 13.9. The maximum Gasteiger partial charge on any atom is 0.147 e. The third-order valence-corrected chi connectivity index (χ3v) is 14.3. The molecule has 2 aliphatic rings. The number of halogens is 1. The number of benzene rings is 11. The van der Waals surface area contributed by atoms with Gasteiger partial charge in [-0.1, -0.05) is 170 Å². The molecular weight excluding hydrogens is 806 g/mol. The Morgan fingerprint density at radius 3 is 1.58 bits per heavy atom. The second-order valence-corrected chi connectivity index (χ2v) is 17.5. The average Bonchev–Trinajstić information content (AvgIpc) is 3.85. The first-order valence-corrected chi connectivity index (χ1v) is 22.6. The van der Waals surface area contributed by atoms with Crippen LogP contribution in [0.2, 0.25) is 0 Å². The smallest absolute Gasteiger partial charge is 0.147 e. The summed E-state index contributed by atoms with van der Waals surface area (Å²) in [5, 5.41) is 9.03. The van der Waals surface area contributed by atoms with Gasteiger partial charge in [-0.15, -0.1) is 0 Å². The van der Waals surface area contributed by atoms with Crippen molar-refractivity contribution >= 4 is 77.3 Å². The van der Waals surface area contributed by atoms with Gasteiger partial charge in [-0.25, -0.2) is 9.37 Å². The molecule has 3 nitrogen and oxygen atoms in total. The van der Waals surface area contributed by atoms with Gasteiger partial charge in [0.15, 0.2) is 0 Å². The van der Waals surface area contributed by atoms with Crippen LogP contribution < -0.4 is 9.80 Å². The Morgan fingerprint density at radius 2 is 0.894 bits per heavy atom. The van der Waals surface area contributed by atoms with Crippen LogP contribution in [0, 0.1) is 5.82 Å². The minimum Gasteiger partial charge on any atom is -0.306 e. The topological polar surface area (TPSA) is 19.4 Å². The molecule has 0 unspecified atom stereocenters. The highest BCUT2D eigenvalue weighted by molar-refractivity contribution is 6.28. The second-order valence-electron chi connectivity index (χ2n) is 17.5. The van der Waals surface area contributed by atoms with Crippen molar-refractivity contribution in [1.82, 2.24) is 4.98 Å². The van der Waals surface area contributed by atoms with Crippen LogP contribution in [0.15, 0.2) is 231 Å². The number of pyridine rings is 1. The van der Waals surface area contributed by atoms with Gasteiger partial charge < -0.3 is 4.90 Å². The summed E-state index contributed by atoms with van der Waals surface area (Å²) in [6.45, 7) is 0. The third-order valence-electron chi connectivity index (χ3n) is 14.3. The highest BCUT2D eigenvalue weighted by Crippen LogP contribution is 2.65. The molecule has 4 heteroatoms. The van der Waals surface area contributed by atoms with Crippen LogP contribution in [0.25, 0.3) is 65.3 Å². The number of hydrogen-bond acceptors (Lipinski definition) is 3. The zero-order chi connectivity index (χ0) is 43.5. The molecule has 0 saturated heterocycles. The molecule has 0 saturated carbocycles. The van der Waals surface area contributed by atoms with Crippen molar-refractivity contribution in [3.05, 3.63) is 259 Å². The van der Waals surface area contributed by atoms with Crippen LogP contribution in [-0.4, -0.2) is 4.98 Å². The lowest BCUT2D eigenvalue weighted by atomic mass is 9.70. The minimum atomic E-state index is -0.542. The third kappa shape index (κ3) is 4.98. The molecule has 1 heterocycles. The molecule has 0 amide bonds. The molecule has 0 atom stereocenters. The van der Waals surface area contributed by atoms with Gasteiger partial charge in [-0.05, 0) is 126 Å². The van der Waals surface area contributed by atoms with Crippen LogP contribution in [0.4, 0.5) is 38.6 Å². The van der Waals surface area contributed by atoms with Crippen molar-refractivity contribution in [3.63, 3.8) is 0 Å². The summed E-state index contributed by atoms with van der Waals surface area (Å²) in [5.74, 6) is 0.541. The van der Waals surface area contributed by atoms with E-state index < -0.39 is 5.41 Å². The number of nitrogens with zero attached hydrogens (tertiary/aromatic N) is 3. The molecule has 12 aromatic rings. The number of para-hydroxylation sites is 1. The van der Waals surface area contributed by atoms with Gasteiger partial charge in [-0.2, -0.15) is 0 Å². The fourth-order valence-corrected chi connectivity index (χ4v) is 11.7. The summed E-state index contributed by atoms with van der Waals surface area (Å²) in [5.41, 5.74) is 13.6. The van der Waals surface area contributed by atoms with Crippen LogP contribution in [0.5, 0.6) is 0 Å². The van der Waals surface area contributed by atoms with Crippen molar-refractivity contribution in [1.29, 1.82) is 0 Å². The Hall–Kier alpha value is -8.60. The van der Waals surface area contributed by atoms with Crippen LogP contribution in [0.1, 0.15) is 22.3 Å². The summed E-state index contributed by atoms with van der Waals surface area (Å²) in [6.07, 6.45) is 1.85. The van der Waals surface area contributed by atoms with E-state index in [4.69, 9.17) is 4.98 Å². The van der Waals surface area contributed by atoms with E-state index in [1.807, 2.05) is 30.5 Å². The SMILES string of the molecule is Fc1ccccc1N(c1cccc2c1-c1ccccc1C21c2ccccc2-c2ccccc21)c1ccc2ccc3c(N(c4ccc5ccccc5c4)c4ccccn4)ccc4ccc1c2c43. The highest BCUT2D eigenvalue weighted by atomic mass is 19.1. The Kier molecular flexibility index (Phi) is 7.79. The van der Waals surface area contributed by atoms with Gasteiger partial charge in [0, 0.05) is 28.2 Å². The van der Waals surface area contributed by atoms with Gasteiger partial charge in [-0.3, -0.25) is 4.90 Å². The summed E-state index contributed by atoms with van der Waals surface area (Å²) in [6, 6.07) is 79.4. The molecule has 66 heavy (non-hydrogen) atoms. The minimum absolute atomic E-state index is 0.290. The molecule has 0 radical (unpaired) electrons. The number of anilines is 6. The van der Waals surface area contributed by atoms with E-state index in [0.717, 1.165) is 77.4 Å². The van der Waals surface area contributed by atoms with E-state index in [1.165, 1.54) is 38.8 Å². The van der Waals surface area contributed by atoms with Crippen molar-refractivity contribution < 1.29 is 4.39 Å². The monoisotopic (exact) mass is 843 g/mol. The van der Waals surface area contributed by atoms with E-state index in [-0.39, 0.29) is 5.82 Å². The maximum atomic E-state index is 16.9. The van der Waals surface area contributed by atoms with Crippen molar-refractivity contribution in [2.75, 3.05) is 9.80 Å². The van der Waals surface area contributed by atoms with Crippen molar-refractivity contribution in [2.45, 2.75) is 5.41 Å². The number of fused-ring (bicyclic) bond motifs is 11. The summed E-state index contributed by atoms with van der Waals surface area (Å²) in [7, 11) is 0. The zero-order valence-corrected chi connectivity index (χ0v) is 35.7. The molecule has 1 spiro atoms. The van der Waals surface area contributed by atoms with Gasteiger partial charge >= 0.3 is 0 Å². The van der Waals surface area contributed by atoms with Gasteiger partial charge in [0.1, 0.15) is 11.6 Å².